The van der Waals surface area contributed by atoms with Gasteiger partial charge in [-0.1, -0.05) is 30.3 Å². The van der Waals surface area contributed by atoms with Crippen LogP contribution in [0.3, 0.4) is 0 Å². The molecule has 0 aromatic heterocycles. The van der Waals surface area contributed by atoms with E-state index in [4.69, 9.17) is 5.73 Å². The Labute approximate surface area is 154 Å². The maximum absolute atomic E-state index is 12.6. The summed E-state index contributed by atoms with van der Waals surface area (Å²) in [7, 11) is 0. The third-order valence-electron chi connectivity index (χ3n) is 5.76. The van der Waals surface area contributed by atoms with Crippen molar-refractivity contribution in [3.05, 3.63) is 35.9 Å². The minimum atomic E-state index is -0.976. The number of primary amides is 1. The summed E-state index contributed by atoms with van der Waals surface area (Å²) in [6, 6.07) is 9.94. The zero-order valence-electron chi connectivity index (χ0n) is 15.1. The third kappa shape index (κ3) is 4.83. The van der Waals surface area contributed by atoms with E-state index in [0.717, 1.165) is 38.0 Å². The number of nitrogens with two attached hydrogens (primary N) is 1. The topological polar surface area (TPSA) is 95.7 Å². The predicted molar refractivity (Wildman–Crippen MR) is 99.2 cm³/mol. The van der Waals surface area contributed by atoms with E-state index in [1.54, 1.807) is 0 Å². The number of rotatable bonds is 8. The summed E-state index contributed by atoms with van der Waals surface area (Å²) in [6.45, 7) is 3.03. The van der Waals surface area contributed by atoms with Crippen LogP contribution in [0.15, 0.2) is 30.3 Å². The molecule has 0 aliphatic carbocycles. The normalized spacial score (nSPS) is 26.9. The van der Waals surface area contributed by atoms with E-state index in [1.807, 2.05) is 30.3 Å². The van der Waals surface area contributed by atoms with Gasteiger partial charge in [0.15, 0.2) is 0 Å². The molecule has 3 aliphatic rings. The largest absolute Gasteiger partial charge is 0.393 e. The number of amides is 2. The molecule has 4 rings (SSSR count). The SMILES string of the molecule is NC(=O)C(C[C@@H](O)CCc1ccccc1)C(=O)NC1CN2CCC1CC2. The van der Waals surface area contributed by atoms with Gasteiger partial charge in [-0.25, -0.2) is 0 Å². The number of hydrogen-bond acceptors (Lipinski definition) is 4. The number of hydrogen-bond donors (Lipinski definition) is 3. The fourth-order valence-electron chi connectivity index (χ4n) is 4.13. The Kier molecular flexibility index (Phi) is 6.27. The smallest absolute Gasteiger partial charge is 0.232 e. The fraction of sp³-hybridized carbons (Fsp3) is 0.600. The van der Waals surface area contributed by atoms with Gasteiger partial charge in [-0.3, -0.25) is 9.59 Å². The molecule has 142 valence electrons. The van der Waals surface area contributed by atoms with E-state index in [2.05, 4.69) is 10.2 Å². The number of aliphatic hydroxyl groups is 1. The van der Waals surface area contributed by atoms with Crippen molar-refractivity contribution in [3.8, 4) is 0 Å². The Morgan fingerprint density at radius 1 is 1.23 bits per heavy atom. The van der Waals surface area contributed by atoms with Crippen molar-refractivity contribution in [1.29, 1.82) is 0 Å². The Morgan fingerprint density at radius 3 is 2.50 bits per heavy atom. The summed E-state index contributed by atoms with van der Waals surface area (Å²) in [4.78, 5) is 26.7. The maximum atomic E-state index is 12.6. The van der Waals surface area contributed by atoms with Crippen LogP contribution in [0.25, 0.3) is 0 Å². The van der Waals surface area contributed by atoms with E-state index >= 15 is 0 Å². The molecule has 2 amide bonds. The molecule has 0 spiro atoms. The average Bonchev–Trinajstić information content (AvgIpc) is 2.66. The number of nitrogens with zero attached hydrogens (tertiary/aromatic N) is 1. The van der Waals surface area contributed by atoms with Crippen LogP contribution in [-0.2, 0) is 16.0 Å². The van der Waals surface area contributed by atoms with E-state index in [-0.39, 0.29) is 18.4 Å². The van der Waals surface area contributed by atoms with Gasteiger partial charge in [0.2, 0.25) is 11.8 Å². The number of carbonyl (C=O) groups excluding carboxylic acids is 2. The van der Waals surface area contributed by atoms with Gasteiger partial charge in [0, 0.05) is 12.6 Å². The molecule has 0 radical (unpaired) electrons. The second-order valence-corrected chi connectivity index (χ2v) is 7.62. The van der Waals surface area contributed by atoms with Crippen molar-refractivity contribution in [2.45, 2.75) is 44.2 Å². The Balaban J connectivity index is 1.51. The first-order chi connectivity index (χ1) is 12.5. The lowest BCUT2D eigenvalue weighted by Crippen LogP contribution is -2.58. The molecule has 0 saturated carbocycles. The predicted octanol–water partition coefficient (Wildman–Crippen LogP) is 0.682. The van der Waals surface area contributed by atoms with Gasteiger partial charge < -0.3 is 21.1 Å². The molecule has 26 heavy (non-hydrogen) atoms. The lowest BCUT2D eigenvalue weighted by atomic mass is 9.83. The van der Waals surface area contributed by atoms with Crippen LogP contribution in [0, 0.1) is 11.8 Å². The van der Waals surface area contributed by atoms with Crippen molar-refractivity contribution in [1.82, 2.24) is 10.2 Å². The molecule has 3 fully saturated rings. The third-order valence-corrected chi connectivity index (χ3v) is 5.76. The van der Waals surface area contributed by atoms with Crippen molar-refractivity contribution in [2.24, 2.45) is 17.6 Å². The van der Waals surface area contributed by atoms with Gasteiger partial charge in [0.1, 0.15) is 5.92 Å². The van der Waals surface area contributed by atoms with Crippen LogP contribution in [0.2, 0.25) is 0 Å². The van der Waals surface area contributed by atoms with E-state index in [1.165, 1.54) is 0 Å². The first-order valence-corrected chi connectivity index (χ1v) is 9.57. The molecule has 4 N–H and O–H groups in total. The van der Waals surface area contributed by atoms with Crippen LogP contribution in [0.4, 0.5) is 0 Å². The maximum Gasteiger partial charge on any atom is 0.232 e. The Morgan fingerprint density at radius 2 is 1.92 bits per heavy atom. The minimum Gasteiger partial charge on any atom is -0.393 e. The molecule has 3 heterocycles. The average molecular weight is 359 g/mol. The molecule has 3 saturated heterocycles. The van der Waals surface area contributed by atoms with Crippen molar-refractivity contribution in [3.63, 3.8) is 0 Å². The fourth-order valence-corrected chi connectivity index (χ4v) is 4.13. The summed E-state index contributed by atoms with van der Waals surface area (Å²) >= 11 is 0. The molecule has 6 heteroatoms. The zero-order valence-corrected chi connectivity index (χ0v) is 15.1. The molecule has 1 aromatic carbocycles. The van der Waals surface area contributed by atoms with E-state index < -0.39 is 17.9 Å². The molecule has 2 unspecified atom stereocenters. The molecular weight excluding hydrogens is 330 g/mol. The lowest BCUT2D eigenvalue weighted by molar-refractivity contribution is -0.136. The van der Waals surface area contributed by atoms with Gasteiger partial charge in [0.25, 0.3) is 0 Å². The van der Waals surface area contributed by atoms with Crippen LogP contribution < -0.4 is 11.1 Å². The minimum absolute atomic E-state index is 0.0785. The van der Waals surface area contributed by atoms with Gasteiger partial charge in [-0.05, 0) is 56.7 Å². The molecule has 3 atom stereocenters. The van der Waals surface area contributed by atoms with Crippen LogP contribution in [-0.4, -0.2) is 53.6 Å². The van der Waals surface area contributed by atoms with Crippen LogP contribution >= 0.6 is 0 Å². The standard InChI is InChI=1S/C20H29N3O3/c21-19(25)17(12-16(24)7-6-14-4-2-1-3-5-14)20(26)22-18-13-23-10-8-15(18)9-11-23/h1-5,15-18,24H,6-13H2,(H2,21,25)(H,22,26)/t16-,17?,18?/m0/s1. The van der Waals surface area contributed by atoms with Gasteiger partial charge in [-0.2, -0.15) is 0 Å². The van der Waals surface area contributed by atoms with Gasteiger partial charge >= 0.3 is 0 Å². The molecular formula is C20H29N3O3. The quantitative estimate of drug-likeness (QED) is 0.595. The number of benzene rings is 1. The van der Waals surface area contributed by atoms with Gasteiger partial charge in [0.05, 0.1) is 6.10 Å². The molecule has 1 aromatic rings. The number of nitrogens with one attached hydrogen (secondary N) is 1. The first-order valence-electron chi connectivity index (χ1n) is 9.57. The first kappa shape index (κ1) is 18.9. The molecule has 2 bridgehead atoms. The summed E-state index contributed by atoms with van der Waals surface area (Å²) in [5.74, 6) is -1.49. The van der Waals surface area contributed by atoms with Crippen molar-refractivity contribution < 1.29 is 14.7 Å². The highest BCUT2D eigenvalue weighted by atomic mass is 16.3. The number of fused-ring (bicyclic) bond motifs is 3. The second kappa shape index (κ2) is 8.64. The molecule has 3 aliphatic heterocycles. The monoisotopic (exact) mass is 359 g/mol. The van der Waals surface area contributed by atoms with Crippen molar-refractivity contribution >= 4 is 11.8 Å². The number of carbonyl (C=O) groups is 2. The lowest BCUT2D eigenvalue weighted by Gasteiger charge is -2.45. The summed E-state index contributed by atoms with van der Waals surface area (Å²) < 4.78 is 0. The van der Waals surface area contributed by atoms with Crippen LogP contribution in [0.1, 0.15) is 31.2 Å². The molecule has 6 nitrogen and oxygen atoms in total. The number of aryl methyl sites for hydroxylation is 1. The highest BCUT2D eigenvalue weighted by Gasteiger charge is 2.37. The zero-order chi connectivity index (χ0) is 18.5. The number of aliphatic hydroxyl groups excluding tert-OH is 1. The van der Waals surface area contributed by atoms with E-state index in [0.29, 0.717) is 18.8 Å². The summed E-state index contributed by atoms with van der Waals surface area (Å²) in [6.07, 6.45) is 2.73. The Bertz CT molecular complexity index is 614. The Hall–Kier alpha value is -1.92. The highest BCUT2D eigenvalue weighted by molar-refractivity contribution is 5.99. The van der Waals surface area contributed by atoms with Gasteiger partial charge in [-0.15, -0.1) is 0 Å². The van der Waals surface area contributed by atoms with Crippen molar-refractivity contribution in [2.75, 3.05) is 19.6 Å². The highest BCUT2D eigenvalue weighted by Crippen LogP contribution is 2.27. The van der Waals surface area contributed by atoms with E-state index in [9.17, 15) is 14.7 Å². The number of piperidine rings is 3. The summed E-state index contributed by atoms with van der Waals surface area (Å²) in [5.41, 5.74) is 6.58. The summed E-state index contributed by atoms with van der Waals surface area (Å²) in [5, 5.41) is 13.3. The second-order valence-electron chi connectivity index (χ2n) is 7.62. The van der Waals surface area contributed by atoms with Crippen LogP contribution in [0.5, 0.6) is 0 Å².